The van der Waals surface area contributed by atoms with Gasteiger partial charge < -0.3 is 9.80 Å². The molecule has 9 heteroatoms. The molecule has 1 aromatic carbocycles. The number of fused-ring (bicyclic) bond motifs is 1. The summed E-state index contributed by atoms with van der Waals surface area (Å²) >= 11 is 0. The van der Waals surface area contributed by atoms with Gasteiger partial charge in [0.1, 0.15) is 17.2 Å². The number of hydrogen-bond acceptors (Lipinski definition) is 5. The molecule has 2 aliphatic rings. The Morgan fingerprint density at radius 3 is 2.39 bits per heavy atom. The number of amides is 2. The highest BCUT2D eigenvalue weighted by Crippen LogP contribution is 2.29. The van der Waals surface area contributed by atoms with Crippen molar-refractivity contribution in [1.82, 2.24) is 29.5 Å². The van der Waals surface area contributed by atoms with Gasteiger partial charge in [0.2, 0.25) is 0 Å². The number of para-hydroxylation sites is 1. The van der Waals surface area contributed by atoms with Gasteiger partial charge in [-0.25, -0.2) is 14.1 Å². The van der Waals surface area contributed by atoms with Crippen LogP contribution < -0.4 is 0 Å². The third-order valence-electron chi connectivity index (χ3n) is 5.85. The summed E-state index contributed by atoms with van der Waals surface area (Å²) in [5.74, 6) is -0.723. The average molecular weight is 420 g/mol. The number of halogens is 1. The van der Waals surface area contributed by atoms with Gasteiger partial charge >= 0.3 is 0 Å². The summed E-state index contributed by atoms with van der Waals surface area (Å²) < 4.78 is 15.9. The number of aromatic nitrogens is 4. The van der Waals surface area contributed by atoms with Crippen molar-refractivity contribution in [3.05, 3.63) is 71.3 Å². The summed E-state index contributed by atoms with van der Waals surface area (Å²) in [7, 11) is 0. The summed E-state index contributed by atoms with van der Waals surface area (Å²) in [4.78, 5) is 37.2. The Morgan fingerprint density at radius 1 is 0.935 bits per heavy atom. The Balaban J connectivity index is 1.34. The van der Waals surface area contributed by atoms with Gasteiger partial charge in [0.25, 0.3) is 11.8 Å². The van der Waals surface area contributed by atoms with E-state index in [1.807, 2.05) is 0 Å². The van der Waals surface area contributed by atoms with Crippen molar-refractivity contribution in [1.29, 1.82) is 0 Å². The summed E-state index contributed by atoms with van der Waals surface area (Å²) in [6, 6.07) is 6.46. The standard InChI is InChI=1S/C22H21FN6O2/c23-16-5-1-2-6-19(16)29-18-7-3-4-15(18)20(26-29)22(31)28-12-10-27(11-13-28)21(30)17-14-24-8-9-25-17/h1-2,5-6,8-9,14H,3-4,7,10-13H2. The molecule has 0 atom stereocenters. The Kier molecular flexibility index (Phi) is 4.93. The smallest absolute Gasteiger partial charge is 0.274 e. The number of hydrogen-bond donors (Lipinski definition) is 0. The van der Waals surface area contributed by atoms with Crippen LogP contribution in [0.25, 0.3) is 5.69 Å². The second-order valence-corrected chi connectivity index (χ2v) is 7.67. The van der Waals surface area contributed by atoms with E-state index in [4.69, 9.17) is 0 Å². The van der Waals surface area contributed by atoms with Gasteiger partial charge in [-0.05, 0) is 31.4 Å². The molecule has 1 saturated heterocycles. The Hall–Kier alpha value is -3.62. The van der Waals surface area contributed by atoms with Gasteiger partial charge in [0.05, 0.1) is 6.20 Å². The summed E-state index contributed by atoms with van der Waals surface area (Å²) in [6.45, 7) is 1.65. The highest BCUT2D eigenvalue weighted by Gasteiger charge is 2.32. The summed E-state index contributed by atoms with van der Waals surface area (Å²) in [5.41, 5.74) is 2.86. The third kappa shape index (κ3) is 3.45. The molecule has 2 aromatic heterocycles. The molecular formula is C22H21FN6O2. The fourth-order valence-electron chi connectivity index (χ4n) is 4.27. The van der Waals surface area contributed by atoms with Crippen molar-refractivity contribution in [2.24, 2.45) is 0 Å². The van der Waals surface area contributed by atoms with Crippen LogP contribution in [0.5, 0.6) is 0 Å². The maximum Gasteiger partial charge on any atom is 0.274 e. The minimum absolute atomic E-state index is 0.167. The molecule has 3 aromatic rings. The van der Waals surface area contributed by atoms with Gasteiger partial charge in [-0.1, -0.05) is 12.1 Å². The van der Waals surface area contributed by atoms with Crippen molar-refractivity contribution in [2.75, 3.05) is 26.2 Å². The van der Waals surface area contributed by atoms with E-state index in [0.717, 1.165) is 30.5 Å². The van der Waals surface area contributed by atoms with Crippen LogP contribution in [0.15, 0.2) is 42.9 Å². The van der Waals surface area contributed by atoms with Crippen molar-refractivity contribution in [3.63, 3.8) is 0 Å². The quantitative estimate of drug-likeness (QED) is 0.646. The van der Waals surface area contributed by atoms with Crippen molar-refractivity contribution in [2.45, 2.75) is 19.3 Å². The fraction of sp³-hybridized carbons (Fsp3) is 0.318. The Labute approximate surface area is 178 Å². The normalized spacial score (nSPS) is 15.8. The van der Waals surface area contributed by atoms with E-state index >= 15 is 0 Å². The molecule has 8 nitrogen and oxygen atoms in total. The average Bonchev–Trinajstić information content (AvgIpc) is 3.42. The van der Waals surface area contributed by atoms with E-state index in [2.05, 4.69) is 15.1 Å². The SMILES string of the molecule is O=C(c1cnccn1)N1CCN(C(=O)c2nn(-c3ccccc3F)c3c2CCC3)CC1. The molecule has 1 aliphatic heterocycles. The number of carbonyl (C=O) groups is 2. The zero-order valence-electron chi connectivity index (χ0n) is 16.9. The number of nitrogens with zero attached hydrogens (tertiary/aromatic N) is 6. The van der Waals surface area contributed by atoms with Crippen LogP contribution in [0.3, 0.4) is 0 Å². The predicted octanol–water partition coefficient (Wildman–Crippen LogP) is 1.89. The van der Waals surface area contributed by atoms with Crippen LogP contribution in [0, 0.1) is 5.82 Å². The zero-order chi connectivity index (χ0) is 21.4. The number of piperazine rings is 1. The second kappa shape index (κ2) is 7.90. The maximum atomic E-state index is 14.4. The van der Waals surface area contributed by atoms with Gasteiger partial charge in [-0.15, -0.1) is 0 Å². The molecule has 0 saturated carbocycles. The van der Waals surface area contributed by atoms with E-state index in [1.165, 1.54) is 24.7 Å². The van der Waals surface area contributed by atoms with Crippen LogP contribution in [-0.4, -0.2) is 67.5 Å². The number of benzene rings is 1. The molecule has 31 heavy (non-hydrogen) atoms. The molecule has 2 amide bonds. The van der Waals surface area contributed by atoms with Crippen molar-refractivity contribution < 1.29 is 14.0 Å². The predicted molar refractivity (Wildman–Crippen MR) is 109 cm³/mol. The van der Waals surface area contributed by atoms with E-state index in [0.29, 0.717) is 43.3 Å². The third-order valence-corrected chi connectivity index (χ3v) is 5.85. The van der Waals surface area contributed by atoms with Gasteiger partial charge in [-0.3, -0.25) is 14.6 Å². The van der Waals surface area contributed by atoms with Gasteiger partial charge in [0, 0.05) is 49.8 Å². The first kappa shape index (κ1) is 19.3. The second-order valence-electron chi connectivity index (χ2n) is 7.67. The van der Waals surface area contributed by atoms with E-state index in [9.17, 15) is 14.0 Å². The van der Waals surface area contributed by atoms with Crippen LogP contribution >= 0.6 is 0 Å². The summed E-state index contributed by atoms with van der Waals surface area (Å²) in [6.07, 6.45) is 6.90. The monoisotopic (exact) mass is 420 g/mol. The van der Waals surface area contributed by atoms with Crippen LogP contribution in [0.1, 0.15) is 38.7 Å². The Bertz CT molecular complexity index is 1140. The molecule has 0 spiro atoms. The minimum atomic E-state index is -0.366. The zero-order valence-corrected chi connectivity index (χ0v) is 16.9. The highest BCUT2D eigenvalue weighted by molar-refractivity contribution is 5.95. The van der Waals surface area contributed by atoms with Crippen molar-refractivity contribution in [3.8, 4) is 5.69 Å². The molecule has 1 aliphatic carbocycles. The lowest BCUT2D eigenvalue weighted by atomic mass is 10.1. The van der Waals surface area contributed by atoms with Crippen LogP contribution in [-0.2, 0) is 12.8 Å². The first-order valence-electron chi connectivity index (χ1n) is 10.3. The van der Waals surface area contributed by atoms with Crippen LogP contribution in [0.2, 0.25) is 0 Å². The van der Waals surface area contributed by atoms with E-state index in [1.54, 1.807) is 32.7 Å². The molecule has 5 rings (SSSR count). The molecule has 0 bridgehead atoms. The molecule has 0 unspecified atom stereocenters. The lowest BCUT2D eigenvalue weighted by molar-refractivity contribution is 0.0528. The number of carbonyl (C=O) groups excluding carboxylic acids is 2. The Morgan fingerprint density at radius 2 is 1.68 bits per heavy atom. The first-order chi connectivity index (χ1) is 15.1. The molecular weight excluding hydrogens is 399 g/mol. The fourth-order valence-corrected chi connectivity index (χ4v) is 4.27. The molecule has 0 radical (unpaired) electrons. The minimum Gasteiger partial charge on any atom is -0.334 e. The lowest BCUT2D eigenvalue weighted by Crippen LogP contribution is -2.51. The van der Waals surface area contributed by atoms with E-state index < -0.39 is 0 Å². The molecule has 0 N–H and O–H groups in total. The van der Waals surface area contributed by atoms with Gasteiger partial charge in [0.15, 0.2) is 5.69 Å². The van der Waals surface area contributed by atoms with Crippen LogP contribution in [0.4, 0.5) is 4.39 Å². The lowest BCUT2D eigenvalue weighted by Gasteiger charge is -2.34. The molecule has 3 heterocycles. The highest BCUT2D eigenvalue weighted by atomic mass is 19.1. The maximum absolute atomic E-state index is 14.4. The summed E-state index contributed by atoms with van der Waals surface area (Å²) in [5, 5.41) is 4.53. The first-order valence-corrected chi connectivity index (χ1v) is 10.3. The topological polar surface area (TPSA) is 84.2 Å². The molecule has 1 fully saturated rings. The number of rotatable bonds is 3. The molecule has 158 valence electrons. The van der Waals surface area contributed by atoms with Crippen molar-refractivity contribution >= 4 is 11.8 Å². The largest absolute Gasteiger partial charge is 0.334 e. The van der Waals surface area contributed by atoms with E-state index in [-0.39, 0.29) is 17.6 Å². The van der Waals surface area contributed by atoms with Gasteiger partial charge in [-0.2, -0.15) is 5.10 Å².